The Kier molecular flexibility index (Phi) is 2.67. The maximum atomic E-state index is 8.61. The summed E-state index contributed by atoms with van der Waals surface area (Å²) in [5.41, 5.74) is 0. The second-order valence-corrected chi connectivity index (χ2v) is 2.37. The van der Waals surface area contributed by atoms with Crippen molar-refractivity contribution >= 4 is 0 Å². The molecule has 1 rings (SSSR count). The normalized spacial score (nSPS) is 33.2. The van der Waals surface area contributed by atoms with E-state index in [1.165, 1.54) is 0 Å². The minimum absolute atomic E-state index is 0.0150. The highest BCUT2D eigenvalue weighted by molar-refractivity contribution is 4.90. The van der Waals surface area contributed by atoms with Crippen molar-refractivity contribution in [3.63, 3.8) is 0 Å². The van der Waals surface area contributed by atoms with Crippen LogP contribution in [0.5, 0.6) is 0 Å². The summed E-state index contributed by atoms with van der Waals surface area (Å²) in [5.74, 6) is 0.0266. The van der Waals surface area contributed by atoms with Gasteiger partial charge in [-0.2, -0.15) is 5.26 Å². The van der Waals surface area contributed by atoms with E-state index in [0.29, 0.717) is 13.2 Å². The van der Waals surface area contributed by atoms with E-state index in [4.69, 9.17) is 14.7 Å². The third-order valence-corrected chi connectivity index (χ3v) is 1.77. The van der Waals surface area contributed by atoms with Crippen LogP contribution in [-0.2, 0) is 9.47 Å². The van der Waals surface area contributed by atoms with Gasteiger partial charge in [-0.3, -0.25) is 0 Å². The maximum Gasteiger partial charge on any atom is 0.0963 e. The molecule has 10 heavy (non-hydrogen) atoms. The number of hydrogen-bond donors (Lipinski definition) is 0. The van der Waals surface area contributed by atoms with E-state index >= 15 is 0 Å². The van der Waals surface area contributed by atoms with Crippen LogP contribution in [0, 0.1) is 17.2 Å². The Bertz CT molecular complexity index is 141. The predicted molar refractivity (Wildman–Crippen MR) is 35.3 cm³/mol. The first kappa shape index (κ1) is 7.52. The quantitative estimate of drug-likeness (QED) is 0.536. The summed E-state index contributed by atoms with van der Waals surface area (Å²) in [7, 11) is 1.61. The summed E-state index contributed by atoms with van der Waals surface area (Å²) >= 11 is 0. The molecule has 0 aromatic heterocycles. The van der Waals surface area contributed by atoms with Crippen LogP contribution >= 0.6 is 0 Å². The van der Waals surface area contributed by atoms with E-state index in [1.54, 1.807) is 7.11 Å². The summed E-state index contributed by atoms with van der Waals surface area (Å²) in [5, 5.41) is 8.61. The lowest BCUT2D eigenvalue weighted by atomic mass is 9.99. The van der Waals surface area contributed by atoms with Crippen molar-refractivity contribution in [2.24, 2.45) is 5.92 Å². The van der Waals surface area contributed by atoms with Crippen molar-refractivity contribution in [1.29, 1.82) is 5.26 Å². The van der Waals surface area contributed by atoms with Crippen LogP contribution in [0.4, 0.5) is 0 Å². The van der Waals surface area contributed by atoms with Gasteiger partial charge in [-0.05, 0) is 6.42 Å². The van der Waals surface area contributed by atoms with Gasteiger partial charge in [0.2, 0.25) is 0 Å². The first-order valence-electron chi connectivity index (χ1n) is 3.38. The molecule has 0 N–H and O–H groups in total. The number of ether oxygens (including phenoxy) is 2. The molecule has 1 heterocycles. The van der Waals surface area contributed by atoms with Crippen LogP contribution in [0.1, 0.15) is 6.42 Å². The summed E-state index contributed by atoms with van der Waals surface area (Å²) in [6.45, 7) is 1.26. The molecule has 0 saturated carbocycles. The maximum absolute atomic E-state index is 8.61. The number of rotatable bonds is 1. The standard InChI is InChI=1S/C7H11NO2/c1-9-7-5-10-3-2-6(7)4-8/h6-7H,2-3,5H2,1H3/t6-,7-/m1/s1. The van der Waals surface area contributed by atoms with E-state index in [2.05, 4.69) is 6.07 Å². The van der Waals surface area contributed by atoms with E-state index in [9.17, 15) is 0 Å². The molecular weight excluding hydrogens is 130 g/mol. The van der Waals surface area contributed by atoms with Gasteiger partial charge in [-0.15, -0.1) is 0 Å². The molecule has 0 aliphatic carbocycles. The fraction of sp³-hybridized carbons (Fsp3) is 0.857. The van der Waals surface area contributed by atoms with Gasteiger partial charge in [-0.25, -0.2) is 0 Å². The summed E-state index contributed by atoms with van der Waals surface area (Å²) in [6, 6.07) is 2.20. The van der Waals surface area contributed by atoms with Crippen LogP contribution in [0.15, 0.2) is 0 Å². The lowest BCUT2D eigenvalue weighted by Gasteiger charge is -2.25. The number of nitriles is 1. The molecule has 2 atom stereocenters. The average Bonchev–Trinajstić information content (AvgIpc) is 2.04. The van der Waals surface area contributed by atoms with Gasteiger partial charge in [0.15, 0.2) is 0 Å². The second-order valence-electron chi connectivity index (χ2n) is 2.37. The Morgan fingerprint density at radius 3 is 3.00 bits per heavy atom. The zero-order valence-corrected chi connectivity index (χ0v) is 6.04. The van der Waals surface area contributed by atoms with Gasteiger partial charge >= 0.3 is 0 Å². The van der Waals surface area contributed by atoms with Gasteiger partial charge in [0.25, 0.3) is 0 Å². The highest BCUT2D eigenvalue weighted by Gasteiger charge is 2.24. The van der Waals surface area contributed by atoms with Crippen LogP contribution in [0.2, 0.25) is 0 Å². The Hall–Kier alpha value is -0.590. The second kappa shape index (κ2) is 3.55. The number of hydrogen-bond acceptors (Lipinski definition) is 3. The van der Waals surface area contributed by atoms with Gasteiger partial charge in [0, 0.05) is 13.7 Å². The Morgan fingerprint density at radius 2 is 2.50 bits per heavy atom. The molecule has 3 heteroatoms. The molecule has 0 unspecified atom stereocenters. The van der Waals surface area contributed by atoms with Crippen molar-refractivity contribution in [3.8, 4) is 6.07 Å². The number of methoxy groups -OCH3 is 1. The number of nitrogens with zero attached hydrogens (tertiary/aromatic N) is 1. The molecule has 0 radical (unpaired) electrons. The Balaban J connectivity index is 2.44. The first-order chi connectivity index (χ1) is 4.88. The molecular formula is C7H11NO2. The van der Waals surface area contributed by atoms with Gasteiger partial charge in [0.1, 0.15) is 0 Å². The lowest BCUT2D eigenvalue weighted by molar-refractivity contribution is -0.0502. The van der Waals surface area contributed by atoms with Gasteiger partial charge in [-0.1, -0.05) is 0 Å². The van der Waals surface area contributed by atoms with E-state index in [0.717, 1.165) is 6.42 Å². The summed E-state index contributed by atoms with van der Waals surface area (Å²) in [6.07, 6.45) is 0.786. The van der Waals surface area contributed by atoms with Crippen LogP contribution in [0.3, 0.4) is 0 Å². The van der Waals surface area contributed by atoms with Crippen molar-refractivity contribution in [3.05, 3.63) is 0 Å². The zero-order chi connectivity index (χ0) is 7.40. The van der Waals surface area contributed by atoms with Crippen LogP contribution in [0.25, 0.3) is 0 Å². The molecule has 1 fully saturated rings. The average molecular weight is 141 g/mol. The molecule has 0 spiro atoms. The fourth-order valence-corrected chi connectivity index (χ4v) is 1.09. The Morgan fingerprint density at radius 1 is 1.70 bits per heavy atom. The first-order valence-corrected chi connectivity index (χ1v) is 3.38. The molecule has 0 bridgehead atoms. The molecule has 0 aromatic rings. The third kappa shape index (κ3) is 1.47. The van der Waals surface area contributed by atoms with Crippen molar-refractivity contribution in [2.45, 2.75) is 12.5 Å². The summed E-state index contributed by atoms with van der Waals surface area (Å²) < 4.78 is 10.2. The molecule has 1 saturated heterocycles. The predicted octanol–water partition coefficient (Wildman–Crippen LogP) is 0.561. The van der Waals surface area contributed by atoms with Crippen LogP contribution in [-0.4, -0.2) is 26.4 Å². The monoisotopic (exact) mass is 141 g/mol. The van der Waals surface area contributed by atoms with E-state index < -0.39 is 0 Å². The highest BCUT2D eigenvalue weighted by Crippen LogP contribution is 2.16. The van der Waals surface area contributed by atoms with Crippen molar-refractivity contribution in [1.82, 2.24) is 0 Å². The van der Waals surface area contributed by atoms with Crippen molar-refractivity contribution < 1.29 is 9.47 Å². The lowest BCUT2D eigenvalue weighted by Crippen LogP contribution is -2.32. The minimum Gasteiger partial charge on any atom is -0.379 e. The topological polar surface area (TPSA) is 42.2 Å². The largest absolute Gasteiger partial charge is 0.379 e. The zero-order valence-electron chi connectivity index (χ0n) is 6.04. The van der Waals surface area contributed by atoms with Crippen molar-refractivity contribution in [2.75, 3.05) is 20.3 Å². The molecule has 0 amide bonds. The minimum atomic E-state index is -0.0150. The summed E-state index contributed by atoms with van der Waals surface area (Å²) in [4.78, 5) is 0. The SMILES string of the molecule is CO[C@@H]1COCC[C@@H]1C#N. The fourth-order valence-electron chi connectivity index (χ4n) is 1.09. The van der Waals surface area contributed by atoms with E-state index in [-0.39, 0.29) is 12.0 Å². The third-order valence-electron chi connectivity index (χ3n) is 1.77. The van der Waals surface area contributed by atoms with Gasteiger partial charge < -0.3 is 9.47 Å². The smallest absolute Gasteiger partial charge is 0.0963 e. The van der Waals surface area contributed by atoms with E-state index in [1.807, 2.05) is 0 Å². The van der Waals surface area contributed by atoms with Crippen LogP contribution < -0.4 is 0 Å². The van der Waals surface area contributed by atoms with Gasteiger partial charge in [0.05, 0.1) is 24.7 Å². The Labute approximate surface area is 60.5 Å². The molecule has 3 nitrogen and oxygen atoms in total. The molecule has 56 valence electrons. The molecule has 1 aliphatic rings. The molecule has 1 aliphatic heterocycles. The highest BCUT2D eigenvalue weighted by atomic mass is 16.5. The molecule has 0 aromatic carbocycles.